The number of halogens is 1. The standard InChI is InChI=1S/C19H18FN3O4S/c20-17-5-4-15(12-18(17)28(25,26)23-7-9-27-10-8-23)21-19(24)14-11-16-3-1-2-6-22(16)13-14/h1-6,11-13H,7-10H2,(H,21,24). The fraction of sp³-hybridized carbons (Fsp3) is 0.211. The summed E-state index contributed by atoms with van der Waals surface area (Å²) in [4.78, 5) is 12.1. The Morgan fingerprint density at radius 3 is 2.64 bits per heavy atom. The Kier molecular flexibility index (Phi) is 4.88. The number of nitrogens with one attached hydrogen (secondary N) is 1. The van der Waals surface area contributed by atoms with E-state index < -0.39 is 26.6 Å². The molecule has 1 saturated heterocycles. The summed E-state index contributed by atoms with van der Waals surface area (Å²) in [6.45, 7) is 0.852. The maximum absolute atomic E-state index is 14.3. The fourth-order valence-electron chi connectivity index (χ4n) is 3.09. The van der Waals surface area contributed by atoms with Gasteiger partial charge in [-0.3, -0.25) is 4.79 Å². The molecule has 1 N–H and O–H groups in total. The van der Waals surface area contributed by atoms with Crippen molar-refractivity contribution in [2.75, 3.05) is 31.6 Å². The zero-order chi connectivity index (χ0) is 19.7. The molecule has 0 saturated carbocycles. The summed E-state index contributed by atoms with van der Waals surface area (Å²) < 4.78 is 47.9. The number of hydrogen-bond donors (Lipinski definition) is 1. The van der Waals surface area contributed by atoms with Crippen LogP contribution in [0, 0.1) is 5.82 Å². The Bertz CT molecular complexity index is 1100. The molecule has 1 amide bonds. The van der Waals surface area contributed by atoms with E-state index in [9.17, 15) is 17.6 Å². The molecule has 0 bridgehead atoms. The second-order valence-corrected chi connectivity index (χ2v) is 8.28. The van der Waals surface area contributed by atoms with E-state index in [-0.39, 0.29) is 32.0 Å². The number of fused-ring (bicyclic) bond motifs is 1. The molecule has 9 heteroatoms. The van der Waals surface area contributed by atoms with Crippen LogP contribution in [0.15, 0.2) is 59.8 Å². The molecule has 0 aliphatic carbocycles. The van der Waals surface area contributed by atoms with E-state index in [4.69, 9.17) is 4.74 Å². The summed E-state index contributed by atoms with van der Waals surface area (Å²) in [6.07, 6.45) is 3.48. The number of carbonyl (C=O) groups excluding carboxylic acids is 1. The van der Waals surface area contributed by atoms with E-state index in [1.54, 1.807) is 16.7 Å². The first-order valence-corrected chi connectivity index (χ1v) is 10.1. The number of sulfonamides is 1. The number of rotatable bonds is 4. The van der Waals surface area contributed by atoms with Gasteiger partial charge >= 0.3 is 0 Å². The second-order valence-electron chi connectivity index (χ2n) is 6.38. The smallest absolute Gasteiger partial charge is 0.257 e. The number of amides is 1. The SMILES string of the molecule is O=C(Nc1ccc(F)c(S(=O)(=O)N2CCOCC2)c1)c1cc2ccccn2c1. The Labute approximate surface area is 161 Å². The average Bonchev–Trinajstić information content (AvgIpc) is 3.14. The highest BCUT2D eigenvalue weighted by molar-refractivity contribution is 7.89. The summed E-state index contributed by atoms with van der Waals surface area (Å²) in [5.41, 5.74) is 1.46. The Morgan fingerprint density at radius 2 is 1.89 bits per heavy atom. The van der Waals surface area contributed by atoms with Crippen molar-refractivity contribution in [1.29, 1.82) is 0 Å². The van der Waals surface area contributed by atoms with E-state index >= 15 is 0 Å². The van der Waals surface area contributed by atoms with Gasteiger partial charge in [0.1, 0.15) is 10.7 Å². The van der Waals surface area contributed by atoms with Crippen LogP contribution in [0.1, 0.15) is 10.4 Å². The second kappa shape index (κ2) is 7.34. The minimum absolute atomic E-state index is 0.162. The highest BCUT2D eigenvalue weighted by atomic mass is 32.2. The van der Waals surface area contributed by atoms with Gasteiger partial charge in [0.2, 0.25) is 10.0 Å². The molecule has 0 radical (unpaired) electrons. The summed E-state index contributed by atoms with van der Waals surface area (Å²) in [5, 5.41) is 2.64. The summed E-state index contributed by atoms with van der Waals surface area (Å²) >= 11 is 0. The van der Waals surface area contributed by atoms with Gasteiger partial charge in [-0.25, -0.2) is 12.8 Å². The highest BCUT2D eigenvalue weighted by Crippen LogP contribution is 2.24. The van der Waals surface area contributed by atoms with Crippen LogP contribution in [-0.2, 0) is 14.8 Å². The third-order valence-electron chi connectivity index (χ3n) is 4.54. The largest absolute Gasteiger partial charge is 0.379 e. The van der Waals surface area contributed by atoms with Crippen molar-refractivity contribution in [3.63, 3.8) is 0 Å². The van der Waals surface area contributed by atoms with Crippen molar-refractivity contribution >= 4 is 27.1 Å². The Hall–Kier alpha value is -2.75. The minimum Gasteiger partial charge on any atom is -0.379 e. The van der Waals surface area contributed by atoms with Crippen LogP contribution in [0.5, 0.6) is 0 Å². The number of nitrogens with zero attached hydrogens (tertiary/aromatic N) is 2. The number of aromatic nitrogens is 1. The van der Waals surface area contributed by atoms with Gasteiger partial charge < -0.3 is 14.5 Å². The first kappa shape index (κ1) is 18.6. The monoisotopic (exact) mass is 403 g/mol. The van der Waals surface area contributed by atoms with Crippen molar-refractivity contribution in [2.45, 2.75) is 4.90 Å². The number of ether oxygens (including phenoxy) is 1. The zero-order valence-electron chi connectivity index (χ0n) is 14.8. The predicted octanol–water partition coefficient (Wildman–Crippen LogP) is 2.35. The number of carbonyl (C=O) groups is 1. The van der Waals surface area contributed by atoms with Crippen molar-refractivity contribution < 1.29 is 22.3 Å². The summed E-state index contributed by atoms with van der Waals surface area (Å²) in [5.74, 6) is -1.27. The predicted molar refractivity (Wildman–Crippen MR) is 101 cm³/mol. The number of pyridine rings is 1. The van der Waals surface area contributed by atoms with Crippen LogP contribution in [0.25, 0.3) is 5.52 Å². The number of benzene rings is 1. The molecule has 1 aromatic carbocycles. The van der Waals surface area contributed by atoms with Gasteiger partial charge in [-0.05, 0) is 36.4 Å². The molecular weight excluding hydrogens is 385 g/mol. The fourth-order valence-corrected chi connectivity index (χ4v) is 4.59. The van der Waals surface area contributed by atoms with Crippen LogP contribution in [0.2, 0.25) is 0 Å². The summed E-state index contributed by atoms with van der Waals surface area (Å²) in [6, 6.07) is 10.8. The minimum atomic E-state index is -4.01. The van der Waals surface area contributed by atoms with Crippen LogP contribution >= 0.6 is 0 Å². The summed E-state index contributed by atoms with van der Waals surface area (Å²) in [7, 11) is -4.01. The van der Waals surface area contributed by atoms with Gasteiger partial charge in [0.25, 0.3) is 5.91 Å². The van der Waals surface area contributed by atoms with Crippen molar-refractivity contribution in [2.24, 2.45) is 0 Å². The van der Waals surface area contributed by atoms with Crippen molar-refractivity contribution in [3.05, 3.63) is 66.2 Å². The van der Waals surface area contributed by atoms with E-state index in [2.05, 4.69) is 5.32 Å². The third-order valence-corrected chi connectivity index (χ3v) is 6.46. The van der Waals surface area contributed by atoms with Gasteiger partial charge in [0, 0.05) is 36.7 Å². The molecule has 0 unspecified atom stereocenters. The molecule has 1 aliphatic rings. The Morgan fingerprint density at radius 1 is 1.11 bits per heavy atom. The first-order valence-electron chi connectivity index (χ1n) is 8.71. The van der Waals surface area contributed by atoms with Gasteiger partial charge in [-0.15, -0.1) is 0 Å². The molecule has 0 atom stereocenters. The maximum Gasteiger partial charge on any atom is 0.257 e. The molecule has 28 heavy (non-hydrogen) atoms. The molecule has 7 nitrogen and oxygen atoms in total. The lowest BCUT2D eigenvalue weighted by Crippen LogP contribution is -2.40. The molecule has 4 rings (SSSR count). The van der Waals surface area contributed by atoms with Gasteiger partial charge in [0.15, 0.2) is 0 Å². The highest BCUT2D eigenvalue weighted by Gasteiger charge is 2.29. The van der Waals surface area contributed by atoms with Gasteiger partial charge in [-0.2, -0.15) is 4.31 Å². The molecule has 146 valence electrons. The van der Waals surface area contributed by atoms with Crippen LogP contribution in [0.3, 0.4) is 0 Å². The van der Waals surface area contributed by atoms with E-state index in [1.165, 1.54) is 10.4 Å². The first-order chi connectivity index (χ1) is 13.4. The lowest BCUT2D eigenvalue weighted by atomic mass is 10.2. The molecule has 2 aromatic heterocycles. The molecule has 3 aromatic rings. The van der Waals surface area contributed by atoms with Crippen molar-refractivity contribution in [1.82, 2.24) is 8.71 Å². The van der Waals surface area contributed by atoms with Crippen molar-refractivity contribution in [3.8, 4) is 0 Å². The number of hydrogen-bond acceptors (Lipinski definition) is 4. The molecule has 1 fully saturated rings. The van der Waals surface area contributed by atoms with Gasteiger partial charge in [-0.1, -0.05) is 6.07 Å². The topological polar surface area (TPSA) is 80.1 Å². The molecular formula is C19H18FN3O4S. The van der Waals surface area contributed by atoms with Crippen LogP contribution in [-0.4, -0.2) is 49.3 Å². The van der Waals surface area contributed by atoms with E-state index in [1.807, 2.05) is 24.4 Å². The van der Waals surface area contributed by atoms with Gasteiger partial charge in [0.05, 0.1) is 18.8 Å². The maximum atomic E-state index is 14.3. The van der Waals surface area contributed by atoms with Crippen LogP contribution in [0.4, 0.5) is 10.1 Å². The lowest BCUT2D eigenvalue weighted by molar-refractivity contribution is 0.0729. The lowest BCUT2D eigenvalue weighted by Gasteiger charge is -2.26. The molecule has 3 heterocycles. The third kappa shape index (κ3) is 3.51. The number of anilines is 1. The normalized spacial score (nSPS) is 15.6. The average molecular weight is 403 g/mol. The van der Waals surface area contributed by atoms with E-state index in [0.29, 0.717) is 5.56 Å². The van der Waals surface area contributed by atoms with Crippen LogP contribution < -0.4 is 5.32 Å². The van der Waals surface area contributed by atoms with E-state index in [0.717, 1.165) is 17.6 Å². The molecule has 0 spiro atoms. The quantitative estimate of drug-likeness (QED) is 0.725. The molecule has 1 aliphatic heterocycles. The Balaban J connectivity index is 1.60. The number of morpholine rings is 1. The zero-order valence-corrected chi connectivity index (χ0v) is 15.7.